The highest BCUT2D eigenvalue weighted by Crippen LogP contribution is 2.37. The molecule has 0 bridgehead atoms. The van der Waals surface area contributed by atoms with Crippen LogP contribution in [0.4, 0.5) is 11.4 Å². The lowest BCUT2D eigenvalue weighted by Crippen LogP contribution is -2.17. The molecule has 5 rings (SSSR count). The molecule has 0 aliphatic rings. The lowest BCUT2D eigenvalue weighted by Gasteiger charge is -2.26. The van der Waals surface area contributed by atoms with Gasteiger partial charge in [-0.2, -0.15) is 0 Å². The summed E-state index contributed by atoms with van der Waals surface area (Å²) >= 11 is 0. The predicted octanol–water partition coefficient (Wildman–Crippen LogP) is 9.12. The Kier molecular flexibility index (Phi) is 5.28. The second-order valence-electron chi connectivity index (χ2n) is 11.3. The first kappa shape index (κ1) is 22.3. The number of hydrogen-bond donors (Lipinski definition) is 1. The largest absolute Gasteiger partial charge is 0.355 e. The van der Waals surface area contributed by atoms with Crippen molar-refractivity contribution in [3.63, 3.8) is 0 Å². The highest BCUT2D eigenvalue weighted by Gasteiger charge is 2.22. The van der Waals surface area contributed by atoms with Crippen LogP contribution in [0.25, 0.3) is 27.5 Å². The molecule has 0 saturated carbocycles. The minimum atomic E-state index is 0.0643. The first-order valence-electron chi connectivity index (χ1n) is 12.1. The summed E-state index contributed by atoms with van der Waals surface area (Å²) in [5, 5.41) is 6.13. The number of fused-ring (bicyclic) bond motifs is 3. The molecule has 0 atom stereocenters. The fourth-order valence-electron chi connectivity index (χ4n) is 4.62. The highest BCUT2D eigenvalue weighted by molar-refractivity contribution is 6.10. The molecule has 0 saturated heterocycles. The molecule has 0 amide bonds. The van der Waals surface area contributed by atoms with E-state index in [0.29, 0.717) is 0 Å². The van der Waals surface area contributed by atoms with Gasteiger partial charge in [-0.1, -0.05) is 90.1 Å². The summed E-state index contributed by atoms with van der Waals surface area (Å²) in [5.74, 6) is 0. The van der Waals surface area contributed by atoms with E-state index >= 15 is 0 Å². The molecule has 2 nitrogen and oxygen atoms in total. The second-order valence-corrected chi connectivity index (χ2v) is 11.3. The average molecular weight is 447 g/mol. The summed E-state index contributed by atoms with van der Waals surface area (Å²) in [6.45, 7) is 13.8. The van der Waals surface area contributed by atoms with Crippen LogP contribution in [-0.2, 0) is 10.8 Å². The number of para-hydroxylation sites is 2. The van der Waals surface area contributed by atoms with Crippen LogP contribution in [0.15, 0.2) is 91.0 Å². The number of nitrogens with zero attached hydrogens (tertiary/aromatic N) is 1. The molecular weight excluding hydrogens is 412 g/mol. The molecule has 34 heavy (non-hydrogen) atoms. The van der Waals surface area contributed by atoms with E-state index < -0.39 is 0 Å². The summed E-state index contributed by atoms with van der Waals surface area (Å²) in [5.41, 5.74) is 8.71. The number of aromatic nitrogens is 1. The molecule has 1 aromatic heterocycles. The Morgan fingerprint density at radius 3 is 1.76 bits per heavy atom. The van der Waals surface area contributed by atoms with Gasteiger partial charge in [0.2, 0.25) is 0 Å². The molecule has 0 fully saturated rings. The van der Waals surface area contributed by atoms with Gasteiger partial charge in [0.25, 0.3) is 0 Å². The van der Waals surface area contributed by atoms with Crippen LogP contribution in [0, 0.1) is 0 Å². The van der Waals surface area contributed by atoms with E-state index in [-0.39, 0.29) is 10.8 Å². The third-order valence-corrected chi connectivity index (χ3v) is 6.64. The molecule has 5 aromatic rings. The van der Waals surface area contributed by atoms with E-state index in [1.54, 1.807) is 0 Å². The molecule has 0 aliphatic carbocycles. The van der Waals surface area contributed by atoms with Crippen molar-refractivity contribution in [2.24, 2.45) is 0 Å². The molecule has 0 spiro atoms. The van der Waals surface area contributed by atoms with E-state index in [1.165, 1.54) is 38.6 Å². The third-order valence-electron chi connectivity index (χ3n) is 6.64. The smallest absolute Gasteiger partial charge is 0.0561 e. The Morgan fingerprint density at radius 1 is 0.529 bits per heavy atom. The summed E-state index contributed by atoms with van der Waals surface area (Å²) in [6.07, 6.45) is 0. The molecule has 0 aliphatic heterocycles. The quantitative estimate of drug-likeness (QED) is 0.292. The van der Waals surface area contributed by atoms with Crippen molar-refractivity contribution < 1.29 is 0 Å². The zero-order valence-electron chi connectivity index (χ0n) is 21.1. The molecule has 0 unspecified atom stereocenters. The minimum absolute atomic E-state index is 0.0643. The summed E-state index contributed by atoms with van der Waals surface area (Å²) in [4.78, 5) is 0. The second kappa shape index (κ2) is 8.06. The lowest BCUT2D eigenvalue weighted by atomic mass is 9.80. The average Bonchev–Trinajstić information content (AvgIpc) is 3.12. The summed E-state index contributed by atoms with van der Waals surface area (Å²) in [7, 11) is 0. The van der Waals surface area contributed by atoms with Gasteiger partial charge in [-0.25, -0.2) is 0 Å². The van der Waals surface area contributed by atoms with E-state index in [9.17, 15) is 0 Å². The Hall–Kier alpha value is -3.52. The monoisotopic (exact) mass is 446 g/mol. The maximum atomic E-state index is 3.58. The summed E-state index contributed by atoms with van der Waals surface area (Å²) < 4.78 is 2.44. The minimum Gasteiger partial charge on any atom is -0.355 e. The van der Waals surface area contributed by atoms with Gasteiger partial charge < -0.3 is 9.88 Å². The Balaban J connectivity index is 1.79. The zero-order chi connectivity index (χ0) is 24.1. The van der Waals surface area contributed by atoms with Crippen molar-refractivity contribution in [2.45, 2.75) is 52.4 Å². The predicted molar refractivity (Wildman–Crippen MR) is 148 cm³/mol. The van der Waals surface area contributed by atoms with Crippen LogP contribution in [0.2, 0.25) is 0 Å². The SMILES string of the molecule is CC(C)(C)c1cc(-n2c3ccccc3c3ccc(Nc4ccccc4)cc32)cc(C(C)(C)C)c1. The summed E-state index contributed by atoms with van der Waals surface area (Å²) in [6, 6.07) is 32.9. The van der Waals surface area contributed by atoms with Crippen molar-refractivity contribution in [2.75, 3.05) is 5.32 Å². The Bertz CT molecular complexity index is 1440. The van der Waals surface area contributed by atoms with Gasteiger partial charge in [-0.05, 0) is 64.4 Å². The number of nitrogens with one attached hydrogen (secondary N) is 1. The fourth-order valence-corrected chi connectivity index (χ4v) is 4.62. The van der Waals surface area contributed by atoms with Gasteiger partial charge >= 0.3 is 0 Å². The fraction of sp³-hybridized carbons (Fsp3) is 0.250. The van der Waals surface area contributed by atoms with Crippen LogP contribution < -0.4 is 5.32 Å². The highest BCUT2D eigenvalue weighted by atomic mass is 15.0. The normalized spacial score (nSPS) is 12.4. The van der Waals surface area contributed by atoms with Crippen LogP contribution in [0.3, 0.4) is 0 Å². The first-order chi connectivity index (χ1) is 16.1. The van der Waals surface area contributed by atoms with Crippen LogP contribution in [-0.4, -0.2) is 4.57 Å². The number of anilines is 2. The number of rotatable bonds is 3. The number of hydrogen-bond acceptors (Lipinski definition) is 1. The molecule has 0 radical (unpaired) electrons. The van der Waals surface area contributed by atoms with Gasteiger partial charge in [0.15, 0.2) is 0 Å². The topological polar surface area (TPSA) is 17.0 Å². The first-order valence-corrected chi connectivity index (χ1v) is 12.1. The third kappa shape index (κ3) is 4.09. The molecule has 2 heteroatoms. The maximum absolute atomic E-state index is 3.58. The zero-order valence-corrected chi connectivity index (χ0v) is 21.1. The molecular formula is C32H34N2. The van der Waals surface area contributed by atoms with Crippen molar-refractivity contribution in [3.8, 4) is 5.69 Å². The van der Waals surface area contributed by atoms with Gasteiger partial charge in [0, 0.05) is 27.8 Å². The van der Waals surface area contributed by atoms with Crippen LogP contribution >= 0.6 is 0 Å². The Morgan fingerprint density at radius 2 is 1.12 bits per heavy atom. The molecule has 172 valence electrons. The van der Waals surface area contributed by atoms with Gasteiger partial charge in [0.05, 0.1) is 11.0 Å². The molecule has 4 aromatic carbocycles. The maximum Gasteiger partial charge on any atom is 0.0561 e. The lowest BCUT2D eigenvalue weighted by molar-refractivity contribution is 0.568. The molecule has 1 N–H and O–H groups in total. The van der Waals surface area contributed by atoms with E-state index in [4.69, 9.17) is 0 Å². The van der Waals surface area contributed by atoms with E-state index in [1.807, 2.05) is 6.07 Å². The van der Waals surface area contributed by atoms with Crippen molar-refractivity contribution in [3.05, 3.63) is 102 Å². The van der Waals surface area contributed by atoms with E-state index in [2.05, 4.69) is 136 Å². The van der Waals surface area contributed by atoms with Crippen molar-refractivity contribution in [1.29, 1.82) is 0 Å². The van der Waals surface area contributed by atoms with Crippen molar-refractivity contribution in [1.82, 2.24) is 4.57 Å². The molecule has 1 heterocycles. The van der Waals surface area contributed by atoms with Gasteiger partial charge in [-0.15, -0.1) is 0 Å². The number of benzene rings is 4. The van der Waals surface area contributed by atoms with Crippen LogP contribution in [0.5, 0.6) is 0 Å². The van der Waals surface area contributed by atoms with Gasteiger partial charge in [0.1, 0.15) is 0 Å². The van der Waals surface area contributed by atoms with Crippen LogP contribution in [0.1, 0.15) is 52.7 Å². The Labute approximate surface area is 203 Å². The standard InChI is InChI=1S/C32H34N2/c1-31(2,3)22-18-23(32(4,5)6)20-26(19-22)34-29-15-11-10-14-27(29)28-17-16-25(21-30(28)34)33-24-12-8-7-9-13-24/h7-21,33H,1-6H3. The van der Waals surface area contributed by atoms with Gasteiger partial charge in [-0.3, -0.25) is 0 Å². The van der Waals surface area contributed by atoms with Crippen molar-refractivity contribution >= 4 is 33.2 Å². The van der Waals surface area contributed by atoms with E-state index in [0.717, 1.165) is 11.4 Å².